The molecule has 1 fully saturated rings. The van der Waals surface area contributed by atoms with Gasteiger partial charge >= 0.3 is 0 Å². The Hall–Kier alpha value is -1.62. The minimum atomic E-state index is 0.597. The van der Waals surface area contributed by atoms with Crippen molar-refractivity contribution in [3.8, 4) is 11.5 Å². The molecule has 0 aromatic heterocycles. The second kappa shape index (κ2) is 6.22. The topological polar surface area (TPSA) is 51.0 Å². The number of hydrogen-bond acceptors (Lipinski definition) is 5. The zero-order chi connectivity index (χ0) is 14.7. The zero-order valence-electron chi connectivity index (χ0n) is 12.8. The molecule has 5 heteroatoms. The fourth-order valence-corrected chi connectivity index (χ4v) is 2.63. The summed E-state index contributed by atoms with van der Waals surface area (Å²) in [5.41, 5.74) is 7.60. The SMILES string of the molecule is COc1cc(N2CCN(C(C)C)CC2)c(OC)cc1N. The molecular weight excluding hydrogens is 254 g/mol. The number of nitrogen functional groups attached to an aromatic ring is 1. The molecule has 0 aliphatic carbocycles. The van der Waals surface area contributed by atoms with Crippen molar-refractivity contribution in [1.82, 2.24) is 4.90 Å². The Bertz CT molecular complexity index is 455. The fraction of sp³-hybridized carbons (Fsp3) is 0.600. The molecule has 1 aliphatic rings. The van der Waals surface area contributed by atoms with Crippen LogP contribution in [0.3, 0.4) is 0 Å². The summed E-state index contributed by atoms with van der Waals surface area (Å²) in [4.78, 5) is 4.82. The van der Waals surface area contributed by atoms with Crippen molar-refractivity contribution in [3.63, 3.8) is 0 Å². The summed E-state index contributed by atoms with van der Waals surface area (Å²) in [5.74, 6) is 1.51. The maximum absolute atomic E-state index is 5.94. The van der Waals surface area contributed by atoms with E-state index in [1.807, 2.05) is 12.1 Å². The molecule has 0 unspecified atom stereocenters. The van der Waals surface area contributed by atoms with E-state index < -0.39 is 0 Å². The van der Waals surface area contributed by atoms with Crippen molar-refractivity contribution >= 4 is 11.4 Å². The molecule has 0 radical (unpaired) electrons. The largest absolute Gasteiger partial charge is 0.495 e. The summed E-state index contributed by atoms with van der Waals surface area (Å²) in [6.07, 6.45) is 0. The van der Waals surface area contributed by atoms with Crippen molar-refractivity contribution in [3.05, 3.63) is 12.1 Å². The number of methoxy groups -OCH3 is 2. The number of piperazine rings is 1. The van der Waals surface area contributed by atoms with Crippen molar-refractivity contribution < 1.29 is 9.47 Å². The lowest BCUT2D eigenvalue weighted by atomic mass is 10.2. The van der Waals surface area contributed by atoms with E-state index in [0.29, 0.717) is 17.5 Å². The molecule has 0 atom stereocenters. The number of nitrogens with two attached hydrogens (primary N) is 1. The van der Waals surface area contributed by atoms with Gasteiger partial charge in [0.1, 0.15) is 11.5 Å². The van der Waals surface area contributed by atoms with Gasteiger partial charge < -0.3 is 20.1 Å². The lowest BCUT2D eigenvalue weighted by Crippen LogP contribution is -2.49. The van der Waals surface area contributed by atoms with E-state index in [9.17, 15) is 0 Å². The highest BCUT2D eigenvalue weighted by atomic mass is 16.5. The van der Waals surface area contributed by atoms with Crippen LogP contribution in [0.15, 0.2) is 12.1 Å². The van der Waals surface area contributed by atoms with Crippen LogP contribution in [0.25, 0.3) is 0 Å². The van der Waals surface area contributed by atoms with Crippen molar-refractivity contribution in [2.75, 3.05) is 51.0 Å². The molecule has 0 saturated carbocycles. The van der Waals surface area contributed by atoms with Crippen LogP contribution in [-0.4, -0.2) is 51.3 Å². The van der Waals surface area contributed by atoms with Crippen LogP contribution in [0.5, 0.6) is 11.5 Å². The van der Waals surface area contributed by atoms with Crippen molar-refractivity contribution in [2.24, 2.45) is 0 Å². The average Bonchev–Trinajstić information content (AvgIpc) is 2.47. The number of nitrogens with zero attached hydrogens (tertiary/aromatic N) is 2. The van der Waals surface area contributed by atoms with Gasteiger partial charge in [0, 0.05) is 44.4 Å². The summed E-state index contributed by atoms with van der Waals surface area (Å²) in [6, 6.07) is 4.40. The first kappa shape index (κ1) is 14.8. The van der Waals surface area contributed by atoms with Crippen molar-refractivity contribution in [1.29, 1.82) is 0 Å². The second-order valence-electron chi connectivity index (χ2n) is 5.38. The van der Waals surface area contributed by atoms with E-state index in [1.165, 1.54) is 0 Å². The molecule has 5 nitrogen and oxygen atoms in total. The van der Waals surface area contributed by atoms with Crippen molar-refractivity contribution in [2.45, 2.75) is 19.9 Å². The van der Waals surface area contributed by atoms with E-state index in [2.05, 4.69) is 23.6 Å². The highest BCUT2D eigenvalue weighted by Gasteiger charge is 2.22. The molecule has 20 heavy (non-hydrogen) atoms. The Morgan fingerprint density at radius 1 is 1.00 bits per heavy atom. The average molecular weight is 279 g/mol. The van der Waals surface area contributed by atoms with Gasteiger partial charge in [-0.25, -0.2) is 0 Å². The molecule has 1 aromatic carbocycles. The summed E-state index contributed by atoms with van der Waals surface area (Å²) in [6.45, 7) is 8.58. The second-order valence-corrected chi connectivity index (χ2v) is 5.38. The Morgan fingerprint density at radius 3 is 2.10 bits per heavy atom. The van der Waals surface area contributed by atoms with E-state index in [4.69, 9.17) is 15.2 Å². The van der Waals surface area contributed by atoms with Crippen LogP contribution in [0.2, 0.25) is 0 Å². The maximum Gasteiger partial charge on any atom is 0.144 e. The van der Waals surface area contributed by atoms with Crippen LogP contribution in [0, 0.1) is 0 Å². The molecule has 0 spiro atoms. The number of ether oxygens (including phenoxy) is 2. The Balaban J connectivity index is 2.20. The Kier molecular flexibility index (Phi) is 4.60. The van der Waals surface area contributed by atoms with Gasteiger partial charge in [-0.1, -0.05) is 0 Å². The summed E-state index contributed by atoms with van der Waals surface area (Å²) in [7, 11) is 3.31. The molecule has 1 aliphatic heterocycles. The molecule has 0 bridgehead atoms. The van der Waals surface area contributed by atoms with E-state index in [-0.39, 0.29) is 0 Å². The number of rotatable bonds is 4. The predicted octanol–water partition coefficient (Wildman–Crippen LogP) is 1.82. The molecule has 2 rings (SSSR count). The standard InChI is InChI=1S/C15H25N3O2/c1-11(2)17-5-7-18(8-6-17)13-10-14(19-3)12(16)9-15(13)20-4/h9-11H,5-8,16H2,1-4H3. The normalized spacial score (nSPS) is 16.6. The van der Waals surface area contributed by atoms with Gasteiger partial charge in [-0.15, -0.1) is 0 Å². The highest BCUT2D eigenvalue weighted by molar-refractivity contribution is 5.70. The third kappa shape index (κ3) is 2.93. The van der Waals surface area contributed by atoms with Gasteiger partial charge in [-0.2, -0.15) is 0 Å². The lowest BCUT2D eigenvalue weighted by molar-refractivity contribution is 0.209. The first-order valence-electron chi connectivity index (χ1n) is 7.07. The molecule has 112 valence electrons. The van der Waals surface area contributed by atoms with Crippen LogP contribution in [0.4, 0.5) is 11.4 Å². The third-order valence-electron chi connectivity index (χ3n) is 3.92. The lowest BCUT2D eigenvalue weighted by Gasteiger charge is -2.38. The van der Waals surface area contributed by atoms with E-state index in [0.717, 1.165) is 37.6 Å². The summed E-state index contributed by atoms with van der Waals surface area (Å²) < 4.78 is 10.8. The van der Waals surface area contributed by atoms with Gasteiger partial charge in [0.05, 0.1) is 25.6 Å². The van der Waals surface area contributed by atoms with Gasteiger partial charge in [-0.05, 0) is 13.8 Å². The predicted molar refractivity (Wildman–Crippen MR) is 82.9 cm³/mol. The minimum absolute atomic E-state index is 0.597. The monoisotopic (exact) mass is 279 g/mol. The molecule has 0 amide bonds. The first-order chi connectivity index (χ1) is 9.56. The van der Waals surface area contributed by atoms with Gasteiger partial charge in [-0.3, -0.25) is 4.90 Å². The Labute approximate surface area is 121 Å². The van der Waals surface area contributed by atoms with Gasteiger partial charge in [0.15, 0.2) is 0 Å². The van der Waals surface area contributed by atoms with Crippen LogP contribution >= 0.6 is 0 Å². The number of hydrogen-bond donors (Lipinski definition) is 1. The molecular formula is C15H25N3O2. The van der Waals surface area contributed by atoms with Crippen LogP contribution < -0.4 is 20.1 Å². The van der Waals surface area contributed by atoms with Gasteiger partial charge in [0.2, 0.25) is 0 Å². The quantitative estimate of drug-likeness (QED) is 0.852. The smallest absolute Gasteiger partial charge is 0.144 e. The fourth-order valence-electron chi connectivity index (χ4n) is 2.63. The van der Waals surface area contributed by atoms with Crippen LogP contribution in [-0.2, 0) is 0 Å². The Morgan fingerprint density at radius 2 is 1.60 bits per heavy atom. The highest BCUT2D eigenvalue weighted by Crippen LogP contribution is 2.37. The summed E-state index contributed by atoms with van der Waals surface area (Å²) in [5, 5.41) is 0. The number of benzene rings is 1. The molecule has 2 N–H and O–H groups in total. The summed E-state index contributed by atoms with van der Waals surface area (Å²) >= 11 is 0. The van der Waals surface area contributed by atoms with Gasteiger partial charge in [0.25, 0.3) is 0 Å². The zero-order valence-corrected chi connectivity index (χ0v) is 12.8. The van der Waals surface area contributed by atoms with E-state index >= 15 is 0 Å². The minimum Gasteiger partial charge on any atom is -0.495 e. The molecule has 1 saturated heterocycles. The third-order valence-corrected chi connectivity index (χ3v) is 3.92. The van der Waals surface area contributed by atoms with Crippen LogP contribution in [0.1, 0.15) is 13.8 Å². The first-order valence-corrected chi connectivity index (χ1v) is 7.07. The molecule has 1 aromatic rings. The number of anilines is 2. The van der Waals surface area contributed by atoms with E-state index in [1.54, 1.807) is 14.2 Å². The molecule has 1 heterocycles. The maximum atomic E-state index is 5.94.